The van der Waals surface area contributed by atoms with Gasteiger partial charge in [0, 0.05) is 0 Å². The minimum Gasteiger partial charge on any atom is -0.488 e. The highest BCUT2D eigenvalue weighted by Crippen LogP contribution is 2.35. The summed E-state index contributed by atoms with van der Waals surface area (Å²) in [7, 11) is 0. The van der Waals surface area contributed by atoms with E-state index in [1.807, 2.05) is 43.3 Å². The number of amides is 2. The van der Waals surface area contributed by atoms with Gasteiger partial charge in [0.2, 0.25) is 0 Å². The largest absolute Gasteiger partial charge is 0.488 e. The lowest BCUT2D eigenvalue weighted by Gasteiger charge is -2.14. The molecular formula is C25H19BrFNO3S. The molecular weight excluding hydrogens is 493 g/mol. The van der Waals surface area contributed by atoms with E-state index in [-0.39, 0.29) is 23.5 Å². The molecule has 0 unspecified atom stereocenters. The number of carbonyl (C=O) groups excluding carboxylic acids is 2. The van der Waals surface area contributed by atoms with Gasteiger partial charge in [0.05, 0.1) is 15.9 Å². The predicted molar refractivity (Wildman–Crippen MR) is 128 cm³/mol. The Morgan fingerprint density at radius 2 is 1.81 bits per heavy atom. The number of carbonyl (C=O) groups is 2. The fourth-order valence-electron chi connectivity index (χ4n) is 3.21. The van der Waals surface area contributed by atoms with Crippen molar-refractivity contribution in [2.45, 2.75) is 20.1 Å². The van der Waals surface area contributed by atoms with E-state index in [9.17, 15) is 14.0 Å². The summed E-state index contributed by atoms with van der Waals surface area (Å²) in [6, 6.07) is 19.3. The van der Waals surface area contributed by atoms with Gasteiger partial charge in [-0.2, -0.15) is 0 Å². The van der Waals surface area contributed by atoms with E-state index in [4.69, 9.17) is 4.74 Å². The van der Waals surface area contributed by atoms with Gasteiger partial charge in [-0.15, -0.1) is 0 Å². The summed E-state index contributed by atoms with van der Waals surface area (Å²) in [6.45, 7) is 2.52. The number of imide groups is 1. The van der Waals surface area contributed by atoms with Crippen molar-refractivity contribution in [1.29, 1.82) is 0 Å². The van der Waals surface area contributed by atoms with Crippen LogP contribution in [0.15, 0.2) is 76.1 Å². The normalized spacial score (nSPS) is 15.0. The Kier molecular flexibility index (Phi) is 6.77. The van der Waals surface area contributed by atoms with Crippen molar-refractivity contribution in [2.24, 2.45) is 0 Å². The summed E-state index contributed by atoms with van der Waals surface area (Å²) in [5.41, 5.74) is 3.61. The molecule has 0 spiro atoms. The average Bonchev–Trinajstić information content (AvgIpc) is 3.03. The molecule has 1 saturated heterocycles. The maximum atomic E-state index is 13.0. The van der Waals surface area contributed by atoms with Crippen LogP contribution in [0.5, 0.6) is 5.75 Å². The number of halogens is 2. The molecule has 4 rings (SSSR count). The molecule has 1 fully saturated rings. The SMILES string of the molecule is Cc1ccccc1CN1C(=O)S/C(=C\c2ccc(OCc3ccc(F)cc3)c(Br)c2)C1=O. The predicted octanol–water partition coefficient (Wildman–Crippen LogP) is 6.71. The lowest BCUT2D eigenvalue weighted by Crippen LogP contribution is -2.27. The summed E-state index contributed by atoms with van der Waals surface area (Å²) in [5, 5.41) is -0.275. The topological polar surface area (TPSA) is 46.6 Å². The number of thioether (sulfide) groups is 1. The number of benzene rings is 3. The third-order valence-corrected chi connectivity index (χ3v) is 6.55. The molecule has 1 heterocycles. The van der Waals surface area contributed by atoms with Gasteiger partial charge < -0.3 is 4.74 Å². The van der Waals surface area contributed by atoms with Gasteiger partial charge in [0.25, 0.3) is 11.1 Å². The van der Waals surface area contributed by atoms with Crippen molar-refractivity contribution in [3.8, 4) is 5.75 Å². The van der Waals surface area contributed by atoms with E-state index in [1.54, 1.807) is 24.3 Å². The van der Waals surface area contributed by atoms with E-state index < -0.39 is 0 Å². The average molecular weight is 512 g/mol. The Morgan fingerprint density at radius 3 is 2.53 bits per heavy atom. The van der Waals surface area contributed by atoms with Crippen molar-refractivity contribution in [3.05, 3.63) is 104 Å². The maximum absolute atomic E-state index is 13.0. The highest BCUT2D eigenvalue weighted by Gasteiger charge is 2.35. The molecule has 3 aromatic carbocycles. The summed E-state index contributed by atoms with van der Waals surface area (Å²) >= 11 is 4.43. The Hall–Kier alpha value is -2.90. The first-order chi connectivity index (χ1) is 15.4. The molecule has 0 radical (unpaired) electrons. The second kappa shape index (κ2) is 9.71. The highest BCUT2D eigenvalue weighted by atomic mass is 79.9. The monoisotopic (exact) mass is 511 g/mol. The van der Waals surface area contributed by atoms with Crippen LogP contribution in [0.3, 0.4) is 0 Å². The molecule has 0 bridgehead atoms. The van der Waals surface area contributed by atoms with E-state index in [1.165, 1.54) is 17.0 Å². The number of aryl methyl sites for hydroxylation is 1. The zero-order valence-corrected chi connectivity index (χ0v) is 19.6. The van der Waals surface area contributed by atoms with Gasteiger partial charge in [-0.05, 0) is 87.2 Å². The van der Waals surface area contributed by atoms with Crippen LogP contribution >= 0.6 is 27.7 Å². The first-order valence-corrected chi connectivity index (χ1v) is 11.5. The second-order valence-corrected chi connectivity index (χ2v) is 9.15. The Labute approximate surface area is 198 Å². The van der Waals surface area contributed by atoms with Crippen LogP contribution in [0.2, 0.25) is 0 Å². The Bertz CT molecular complexity index is 1210. The van der Waals surface area contributed by atoms with Crippen LogP contribution in [0.4, 0.5) is 9.18 Å². The molecule has 3 aromatic rings. The number of nitrogens with zero attached hydrogens (tertiary/aromatic N) is 1. The molecule has 162 valence electrons. The summed E-state index contributed by atoms with van der Waals surface area (Å²) in [4.78, 5) is 26.9. The van der Waals surface area contributed by atoms with Gasteiger partial charge in [-0.3, -0.25) is 14.5 Å². The first-order valence-electron chi connectivity index (χ1n) is 9.87. The van der Waals surface area contributed by atoms with Crippen molar-refractivity contribution in [1.82, 2.24) is 4.90 Å². The van der Waals surface area contributed by atoms with Crippen molar-refractivity contribution in [3.63, 3.8) is 0 Å². The molecule has 32 heavy (non-hydrogen) atoms. The van der Waals surface area contributed by atoms with E-state index >= 15 is 0 Å². The van der Waals surface area contributed by atoms with Gasteiger partial charge >= 0.3 is 0 Å². The highest BCUT2D eigenvalue weighted by molar-refractivity contribution is 9.10. The molecule has 1 aliphatic rings. The molecule has 1 aliphatic heterocycles. The van der Waals surface area contributed by atoms with Crippen molar-refractivity contribution >= 4 is 44.9 Å². The molecule has 0 aliphatic carbocycles. The number of hydrogen-bond donors (Lipinski definition) is 0. The quantitative estimate of drug-likeness (QED) is 0.345. The van der Waals surface area contributed by atoms with E-state index in [0.29, 0.717) is 21.7 Å². The van der Waals surface area contributed by atoms with Crippen LogP contribution in [0.25, 0.3) is 6.08 Å². The molecule has 0 saturated carbocycles. The fraction of sp³-hybridized carbons (Fsp3) is 0.120. The number of rotatable bonds is 6. The minimum absolute atomic E-state index is 0.258. The van der Waals surface area contributed by atoms with Crippen molar-refractivity contribution in [2.75, 3.05) is 0 Å². The number of ether oxygens (including phenoxy) is 1. The summed E-state index contributed by atoms with van der Waals surface area (Å²) in [5.74, 6) is 0.0396. The second-order valence-electron chi connectivity index (χ2n) is 7.30. The zero-order valence-electron chi connectivity index (χ0n) is 17.2. The fourth-order valence-corrected chi connectivity index (χ4v) is 4.56. The van der Waals surface area contributed by atoms with Gasteiger partial charge in [-0.25, -0.2) is 4.39 Å². The Morgan fingerprint density at radius 1 is 1.06 bits per heavy atom. The zero-order chi connectivity index (χ0) is 22.7. The first kappa shape index (κ1) is 22.3. The van der Waals surface area contributed by atoms with Gasteiger partial charge in [-0.1, -0.05) is 42.5 Å². The van der Waals surface area contributed by atoms with Crippen LogP contribution in [0.1, 0.15) is 22.3 Å². The van der Waals surface area contributed by atoms with Crippen LogP contribution in [-0.4, -0.2) is 16.0 Å². The lowest BCUT2D eigenvalue weighted by molar-refractivity contribution is -0.123. The lowest BCUT2D eigenvalue weighted by atomic mass is 10.1. The molecule has 4 nitrogen and oxygen atoms in total. The molecule has 0 aromatic heterocycles. The maximum Gasteiger partial charge on any atom is 0.293 e. The van der Waals surface area contributed by atoms with E-state index in [0.717, 1.165) is 34.0 Å². The van der Waals surface area contributed by atoms with Crippen LogP contribution < -0.4 is 4.74 Å². The molecule has 2 amide bonds. The van der Waals surface area contributed by atoms with Crippen LogP contribution in [0, 0.1) is 12.7 Å². The third kappa shape index (κ3) is 5.11. The van der Waals surface area contributed by atoms with E-state index in [2.05, 4.69) is 15.9 Å². The summed E-state index contributed by atoms with van der Waals surface area (Å²) < 4.78 is 19.5. The minimum atomic E-state index is -0.295. The Balaban J connectivity index is 1.45. The molecule has 0 N–H and O–H groups in total. The van der Waals surface area contributed by atoms with Gasteiger partial charge in [0.1, 0.15) is 18.2 Å². The van der Waals surface area contributed by atoms with Crippen molar-refractivity contribution < 1.29 is 18.7 Å². The van der Waals surface area contributed by atoms with Gasteiger partial charge in [0.15, 0.2) is 0 Å². The smallest absolute Gasteiger partial charge is 0.293 e. The molecule has 7 heteroatoms. The standard InChI is InChI=1S/C25H19BrFNO3S/c1-16-4-2-3-5-19(16)14-28-24(29)23(32-25(28)30)13-18-8-11-22(21(26)12-18)31-15-17-6-9-20(27)10-7-17/h2-13H,14-15H2,1H3/b23-13-. The van der Waals surface area contributed by atoms with Crippen LogP contribution in [-0.2, 0) is 17.9 Å². The third-order valence-electron chi connectivity index (χ3n) is 5.02. The summed E-state index contributed by atoms with van der Waals surface area (Å²) in [6.07, 6.45) is 1.71. The number of hydrogen-bond acceptors (Lipinski definition) is 4. The molecule has 0 atom stereocenters.